The number of cyclic esters (lactones) is 1. The fourth-order valence-corrected chi connectivity index (χ4v) is 10.4. The number of pyridine rings is 2. The number of benzene rings is 1. The molecule has 0 radical (unpaired) electrons. The van der Waals surface area contributed by atoms with E-state index in [4.69, 9.17) is 61.8 Å². The van der Waals surface area contributed by atoms with Crippen LogP contribution in [0.1, 0.15) is 94.7 Å². The minimum atomic E-state index is -1.96. The van der Waals surface area contributed by atoms with E-state index in [1.807, 2.05) is 6.92 Å². The van der Waals surface area contributed by atoms with Crippen LogP contribution in [0.3, 0.4) is 0 Å². The molecule has 462 valence electrons. The van der Waals surface area contributed by atoms with Crippen LogP contribution in [0.25, 0.3) is 22.3 Å². The second-order valence-electron chi connectivity index (χ2n) is 21.6. The van der Waals surface area contributed by atoms with Gasteiger partial charge in [-0.25, -0.2) is 24.0 Å². The van der Waals surface area contributed by atoms with Crippen molar-refractivity contribution in [3.05, 3.63) is 80.9 Å². The first-order chi connectivity index (χ1) is 41.1. The summed E-state index contributed by atoms with van der Waals surface area (Å²) in [6, 6.07) is 6.75. The summed E-state index contributed by atoms with van der Waals surface area (Å²) < 4.78 is 69.5. The number of nitrogens with zero attached hydrogens (tertiary/aromatic N) is 6. The van der Waals surface area contributed by atoms with Crippen LogP contribution in [0.2, 0.25) is 0 Å². The van der Waals surface area contributed by atoms with Gasteiger partial charge in [-0.05, 0) is 95.0 Å². The van der Waals surface area contributed by atoms with Crippen LogP contribution in [0.5, 0.6) is 5.75 Å². The Morgan fingerprint density at radius 3 is 1.93 bits per heavy atom. The number of imide groups is 1. The minimum Gasteiger partial charge on any atom is -0.457 e. The fraction of sp³-hybridized carbons (Fsp3) is 0.593. The van der Waals surface area contributed by atoms with Crippen LogP contribution in [-0.4, -0.2) is 177 Å². The Bertz CT molecular complexity index is 3060. The molecule has 1 aliphatic carbocycles. The molecule has 8 rings (SSSR count). The van der Waals surface area contributed by atoms with Crippen molar-refractivity contribution in [2.24, 2.45) is 11.8 Å². The maximum absolute atomic E-state index is 14.2. The number of ether oxygens (including phenoxy) is 12. The van der Waals surface area contributed by atoms with Gasteiger partial charge in [-0.15, -0.1) is 5.10 Å². The van der Waals surface area contributed by atoms with Gasteiger partial charge < -0.3 is 66.7 Å². The molecule has 26 nitrogen and oxygen atoms in total. The predicted octanol–water partition coefficient (Wildman–Crippen LogP) is 4.87. The summed E-state index contributed by atoms with van der Waals surface area (Å²) in [7, 11) is 0. The Labute approximate surface area is 491 Å². The van der Waals surface area contributed by atoms with Gasteiger partial charge in [0.2, 0.25) is 11.5 Å². The first kappa shape index (κ1) is 63.8. The molecule has 0 spiro atoms. The zero-order valence-corrected chi connectivity index (χ0v) is 49.0. The van der Waals surface area contributed by atoms with E-state index in [1.165, 1.54) is 17.1 Å². The van der Waals surface area contributed by atoms with Crippen LogP contribution in [0.15, 0.2) is 47.4 Å². The number of amides is 3. The summed E-state index contributed by atoms with van der Waals surface area (Å²) in [5.41, 5.74) is 1.26. The van der Waals surface area contributed by atoms with Gasteiger partial charge in [0.25, 0.3) is 17.4 Å². The third-order valence-electron chi connectivity index (χ3n) is 14.7. The van der Waals surface area contributed by atoms with E-state index in [9.17, 15) is 33.6 Å². The standard InChI is InChI=1S/C59H77N7O19/c1-6-43-44-32-42(83-57(73)84-58(3,4)5)12-13-48(44)61-52-45(43)37-65-49(52)33-47-46(54(65)70)38-82-55(71)59(47,7-2)85-56(72)81-31-30-80-29-28-79-27-26-78-25-24-77-23-22-76-21-20-75-19-18-74-17-16-64-36-41(62-63-64)34-60-53(69)40-10-8-39(9-11-40)35-66-50(67)14-15-51(66)68/h12-15,32-33,36,39-40H,6-11,16-31,34-35,37-38H2,1-5H3,(H,60,69)/t39?,40?,59-/m0/s1. The summed E-state index contributed by atoms with van der Waals surface area (Å²) >= 11 is 0. The van der Waals surface area contributed by atoms with Crippen LogP contribution in [-0.2, 0) is 110 Å². The average molecular weight is 1190 g/mol. The number of aryl methyl sites for hydroxylation is 1. The number of fused-ring (bicyclic) bond motifs is 5. The number of hydrogen-bond donors (Lipinski definition) is 1. The normalized spacial score (nSPS) is 18.1. The van der Waals surface area contributed by atoms with Gasteiger partial charge in [-0.3, -0.25) is 24.1 Å². The molecule has 4 aromatic rings. The molecule has 3 aliphatic heterocycles. The number of aromatic nitrogens is 5. The molecule has 4 aliphatic rings. The molecule has 0 bridgehead atoms. The minimum absolute atomic E-state index is 0.0267. The molecule has 1 aromatic carbocycles. The zero-order chi connectivity index (χ0) is 60.3. The highest BCUT2D eigenvalue weighted by Crippen LogP contribution is 2.43. The van der Waals surface area contributed by atoms with Crippen molar-refractivity contribution < 1.29 is 85.6 Å². The van der Waals surface area contributed by atoms with Gasteiger partial charge in [0.15, 0.2) is 0 Å². The first-order valence-corrected chi connectivity index (χ1v) is 29.0. The number of carbonyl (C=O) groups excluding carboxylic acids is 6. The molecule has 3 aromatic heterocycles. The largest absolute Gasteiger partial charge is 0.514 e. The molecule has 1 fully saturated rings. The molecule has 26 heteroatoms. The Balaban J connectivity index is 0.609. The van der Waals surface area contributed by atoms with Crippen molar-refractivity contribution in [1.82, 2.24) is 34.8 Å². The maximum Gasteiger partial charge on any atom is 0.514 e. The van der Waals surface area contributed by atoms with E-state index < -0.39 is 35.0 Å². The van der Waals surface area contributed by atoms with Crippen LogP contribution in [0, 0.1) is 11.8 Å². The second kappa shape index (κ2) is 30.7. The lowest BCUT2D eigenvalue weighted by atomic mass is 9.81. The predicted molar refractivity (Wildman–Crippen MR) is 300 cm³/mol. The van der Waals surface area contributed by atoms with E-state index in [0.29, 0.717) is 128 Å². The Morgan fingerprint density at radius 1 is 0.741 bits per heavy atom. The Morgan fingerprint density at radius 2 is 1.34 bits per heavy atom. The Hall–Kier alpha value is -7.20. The third-order valence-corrected chi connectivity index (χ3v) is 14.7. The number of nitrogens with one attached hydrogen (secondary N) is 1. The van der Waals surface area contributed by atoms with Crippen molar-refractivity contribution in [2.45, 2.75) is 111 Å². The van der Waals surface area contributed by atoms with Crippen LogP contribution < -0.4 is 15.6 Å². The van der Waals surface area contributed by atoms with Crippen molar-refractivity contribution in [2.75, 3.05) is 106 Å². The molecule has 1 N–H and O–H groups in total. The molecular formula is C59H77N7O19. The highest BCUT2D eigenvalue weighted by molar-refractivity contribution is 6.12. The lowest BCUT2D eigenvalue weighted by Gasteiger charge is -2.35. The third kappa shape index (κ3) is 17.3. The van der Waals surface area contributed by atoms with Gasteiger partial charge in [0.1, 0.15) is 30.3 Å². The molecule has 1 atom stereocenters. The van der Waals surface area contributed by atoms with E-state index in [2.05, 4.69) is 15.6 Å². The van der Waals surface area contributed by atoms with Gasteiger partial charge in [0.05, 0.1) is 141 Å². The van der Waals surface area contributed by atoms with E-state index in [0.717, 1.165) is 29.4 Å². The van der Waals surface area contributed by atoms with Crippen LogP contribution in [0.4, 0.5) is 9.59 Å². The maximum atomic E-state index is 14.2. The van der Waals surface area contributed by atoms with Gasteiger partial charge in [0, 0.05) is 41.1 Å². The average Bonchev–Trinajstić information content (AvgIpc) is 1.72. The fourth-order valence-electron chi connectivity index (χ4n) is 10.4. The monoisotopic (exact) mass is 1190 g/mol. The van der Waals surface area contributed by atoms with Crippen molar-refractivity contribution in [1.29, 1.82) is 0 Å². The smallest absolute Gasteiger partial charge is 0.457 e. The molecule has 1 saturated carbocycles. The summed E-state index contributed by atoms with van der Waals surface area (Å²) in [4.78, 5) is 96.0. The molecule has 3 amide bonds. The van der Waals surface area contributed by atoms with Crippen molar-refractivity contribution in [3.8, 4) is 17.1 Å². The van der Waals surface area contributed by atoms with Gasteiger partial charge in [-0.1, -0.05) is 19.1 Å². The molecular weight excluding hydrogens is 1110 g/mol. The summed E-state index contributed by atoms with van der Waals surface area (Å²) in [6.45, 7) is 14.6. The van der Waals surface area contributed by atoms with Crippen LogP contribution >= 0.6 is 0 Å². The van der Waals surface area contributed by atoms with Crippen molar-refractivity contribution in [3.63, 3.8) is 0 Å². The Kier molecular flexibility index (Phi) is 23.1. The zero-order valence-electron chi connectivity index (χ0n) is 49.0. The number of esters is 1. The van der Waals surface area contributed by atoms with E-state index >= 15 is 0 Å². The van der Waals surface area contributed by atoms with Gasteiger partial charge >= 0.3 is 18.3 Å². The number of rotatable bonds is 33. The molecule has 0 unspecified atom stereocenters. The summed E-state index contributed by atoms with van der Waals surface area (Å²) in [5, 5.41) is 12.0. The highest BCUT2D eigenvalue weighted by atomic mass is 16.7. The number of hydrogen-bond acceptors (Lipinski definition) is 22. The van der Waals surface area contributed by atoms with Crippen molar-refractivity contribution >= 4 is 46.9 Å². The molecule has 6 heterocycles. The lowest BCUT2D eigenvalue weighted by Crippen LogP contribution is -2.47. The summed E-state index contributed by atoms with van der Waals surface area (Å²) in [6.07, 6.45) is 5.93. The van der Waals surface area contributed by atoms with E-state index in [1.54, 1.807) is 67.4 Å². The first-order valence-electron chi connectivity index (χ1n) is 29.0. The summed E-state index contributed by atoms with van der Waals surface area (Å²) in [5.74, 6) is -1.00. The second-order valence-corrected chi connectivity index (χ2v) is 21.6. The topological polar surface area (TPSA) is 294 Å². The highest BCUT2D eigenvalue weighted by Gasteiger charge is 2.51. The molecule has 0 saturated heterocycles. The van der Waals surface area contributed by atoms with Gasteiger partial charge in [-0.2, -0.15) is 0 Å². The number of carbonyl (C=O) groups is 6. The quantitative estimate of drug-likeness (QED) is 0.0193. The SMILES string of the molecule is CCc1c2c(nc3ccc(OC(=O)OC(C)(C)C)cc13)-c1cc3c(c(=O)n1C2)COC(=O)[C@@]3(CC)OC(=O)OCCOCCOCCOCCOCCOCCOCCOCCn1cc(CNC(=O)C2CCC(CN3C(=O)C=CC3=O)CC2)nn1. The van der Waals surface area contributed by atoms with E-state index in [-0.39, 0.29) is 99.0 Å². The molecule has 85 heavy (non-hydrogen) atoms. The lowest BCUT2D eigenvalue weighted by molar-refractivity contribution is -0.175.